The zero-order valence-corrected chi connectivity index (χ0v) is 13.0. The molecule has 1 atom stereocenters. The van der Waals surface area contributed by atoms with Gasteiger partial charge in [0.2, 0.25) is 5.82 Å². The van der Waals surface area contributed by atoms with Crippen LogP contribution in [0.25, 0.3) is 0 Å². The lowest BCUT2D eigenvalue weighted by Crippen LogP contribution is -2.45. The van der Waals surface area contributed by atoms with E-state index in [1.165, 1.54) is 0 Å². The minimum Gasteiger partial charge on any atom is -0.341 e. The molecule has 0 aromatic carbocycles. The first-order valence-corrected chi connectivity index (χ1v) is 7.33. The van der Waals surface area contributed by atoms with Gasteiger partial charge in [-0.15, -0.1) is 0 Å². The van der Waals surface area contributed by atoms with E-state index in [-0.39, 0.29) is 28.4 Å². The Bertz CT molecular complexity index is 565. The van der Waals surface area contributed by atoms with Crippen LogP contribution in [0.4, 0.5) is 11.5 Å². The molecule has 1 fully saturated rings. The van der Waals surface area contributed by atoms with Gasteiger partial charge in [0.15, 0.2) is 5.78 Å². The largest absolute Gasteiger partial charge is 0.341 e. The zero-order valence-electron chi connectivity index (χ0n) is 13.0. The maximum atomic E-state index is 11.9. The van der Waals surface area contributed by atoms with E-state index < -0.39 is 0 Å². The molecule has 7 nitrogen and oxygen atoms in total. The molecular weight excluding hydrogens is 272 g/mol. The highest BCUT2D eigenvalue weighted by Gasteiger charge is 2.37. The van der Waals surface area contributed by atoms with Crippen molar-refractivity contribution in [3.05, 3.63) is 15.8 Å². The molecule has 2 rings (SSSR count). The molecule has 1 aliphatic heterocycles. The van der Waals surface area contributed by atoms with Gasteiger partial charge in [-0.2, -0.15) is 5.10 Å². The molecule has 0 radical (unpaired) electrons. The van der Waals surface area contributed by atoms with Crippen molar-refractivity contribution in [3.63, 3.8) is 0 Å². The average Bonchev–Trinajstić information content (AvgIpc) is 2.76. The first kappa shape index (κ1) is 15.5. The molecule has 1 saturated heterocycles. The lowest BCUT2D eigenvalue weighted by Gasteiger charge is -2.34. The Morgan fingerprint density at radius 2 is 2.10 bits per heavy atom. The summed E-state index contributed by atoms with van der Waals surface area (Å²) in [6, 6.07) is -0.284. The fraction of sp³-hybridized carbons (Fsp3) is 0.714. The number of hydrogen-bond acceptors (Lipinski definition) is 5. The van der Waals surface area contributed by atoms with E-state index in [2.05, 4.69) is 5.10 Å². The van der Waals surface area contributed by atoms with Gasteiger partial charge in [-0.3, -0.25) is 14.9 Å². The van der Waals surface area contributed by atoms with Crippen molar-refractivity contribution in [2.24, 2.45) is 7.05 Å². The Kier molecular flexibility index (Phi) is 4.29. The number of piperidine rings is 1. The lowest BCUT2D eigenvalue weighted by molar-refractivity contribution is -0.385. The Morgan fingerprint density at radius 1 is 1.43 bits per heavy atom. The Morgan fingerprint density at radius 3 is 2.62 bits per heavy atom. The molecular formula is C14H22N4O3. The zero-order chi connectivity index (χ0) is 15.7. The maximum absolute atomic E-state index is 11.9. The van der Waals surface area contributed by atoms with Crippen molar-refractivity contribution >= 4 is 17.3 Å². The van der Waals surface area contributed by atoms with E-state index in [9.17, 15) is 14.9 Å². The second-order valence-corrected chi connectivity index (χ2v) is 5.91. The van der Waals surface area contributed by atoms with Gasteiger partial charge in [0.1, 0.15) is 5.69 Å². The molecule has 116 valence electrons. The van der Waals surface area contributed by atoms with Crippen LogP contribution in [-0.2, 0) is 11.8 Å². The Balaban J connectivity index is 2.56. The molecule has 21 heavy (non-hydrogen) atoms. The summed E-state index contributed by atoms with van der Waals surface area (Å²) in [4.78, 5) is 24.9. The van der Waals surface area contributed by atoms with Crippen LogP contribution in [0, 0.1) is 10.1 Å². The lowest BCUT2D eigenvalue weighted by atomic mass is 9.98. The van der Waals surface area contributed by atoms with Crippen LogP contribution >= 0.6 is 0 Å². The number of carbonyl (C=O) groups is 1. The minimum atomic E-state index is -0.372. The van der Waals surface area contributed by atoms with E-state index in [1.54, 1.807) is 18.7 Å². The van der Waals surface area contributed by atoms with Gasteiger partial charge in [-0.05, 0) is 26.2 Å². The number of hydrogen-bond donors (Lipinski definition) is 0. The normalized spacial score (nSPS) is 19.1. The van der Waals surface area contributed by atoms with Crippen molar-refractivity contribution in [2.45, 2.75) is 52.0 Å². The quantitative estimate of drug-likeness (QED) is 0.629. The van der Waals surface area contributed by atoms with E-state index >= 15 is 0 Å². The summed E-state index contributed by atoms with van der Waals surface area (Å²) in [5.74, 6) is 0.478. The van der Waals surface area contributed by atoms with Gasteiger partial charge in [0.05, 0.1) is 11.0 Å². The smallest absolute Gasteiger partial charge is 0.334 e. The third-order valence-electron chi connectivity index (χ3n) is 3.99. The van der Waals surface area contributed by atoms with Crippen LogP contribution in [0.15, 0.2) is 0 Å². The van der Waals surface area contributed by atoms with Crippen molar-refractivity contribution in [2.75, 3.05) is 11.4 Å². The second kappa shape index (κ2) is 5.83. The van der Waals surface area contributed by atoms with E-state index in [0.717, 1.165) is 19.3 Å². The number of anilines is 1. The Labute approximate surface area is 124 Å². The predicted octanol–water partition coefficient (Wildman–Crippen LogP) is 2.40. The third-order valence-corrected chi connectivity index (χ3v) is 3.99. The predicted molar refractivity (Wildman–Crippen MR) is 79.6 cm³/mol. The average molecular weight is 294 g/mol. The summed E-state index contributed by atoms with van der Waals surface area (Å²) in [5, 5.41) is 15.8. The van der Waals surface area contributed by atoms with Crippen molar-refractivity contribution in [1.29, 1.82) is 0 Å². The molecule has 0 saturated carbocycles. The van der Waals surface area contributed by atoms with Gasteiger partial charge in [-0.1, -0.05) is 13.8 Å². The molecule has 0 bridgehead atoms. The summed E-state index contributed by atoms with van der Waals surface area (Å²) in [5.41, 5.74) is 0.519. The summed E-state index contributed by atoms with van der Waals surface area (Å²) in [7, 11) is 1.71. The number of aromatic nitrogens is 2. The van der Waals surface area contributed by atoms with Crippen molar-refractivity contribution < 1.29 is 9.72 Å². The molecule has 0 spiro atoms. The van der Waals surface area contributed by atoms with Crippen LogP contribution in [0.2, 0.25) is 0 Å². The molecule has 1 aromatic heterocycles. The molecule has 0 aliphatic carbocycles. The fourth-order valence-electron chi connectivity index (χ4n) is 3.02. The number of nitrogens with zero attached hydrogens (tertiary/aromatic N) is 4. The number of Topliss-reactive ketones (excluding diaryl/α,β-unsaturated/α-hetero) is 1. The van der Waals surface area contributed by atoms with Crippen LogP contribution in [0.5, 0.6) is 0 Å². The topological polar surface area (TPSA) is 81.3 Å². The molecule has 1 aliphatic rings. The Hall–Kier alpha value is -1.92. The summed E-state index contributed by atoms with van der Waals surface area (Å²) >= 11 is 0. The number of ketones is 1. The minimum absolute atomic E-state index is 0.0362. The molecule has 7 heteroatoms. The summed E-state index contributed by atoms with van der Waals surface area (Å²) in [6.07, 6.45) is 2.65. The first-order valence-electron chi connectivity index (χ1n) is 7.33. The molecule has 1 aromatic rings. The number of aryl methyl sites for hydroxylation is 1. The van der Waals surface area contributed by atoms with Crippen LogP contribution in [0.3, 0.4) is 0 Å². The van der Waals surface area contributed by atoms with Gasteiger partial charge < -0.3 is 4.90 Å². The molecule has 0 N–H and O–H groups in total. The number of nitro groups is 1. The van der Waals surface area contributed by atoms with Crippen molar-refractivity contribution in [1.82, 2.24) is 9.78 Å². The SMILES string of the molecule is CC(=O)C1CCCCN1c1c([N+](=O)[O-])c(C(C)C)nn1C. The van der Waals surface area contributed by atoms with Crippen LogP contribution in [-0.4, -0.2) is 33.1 Å². The molecule has 1 unspecified atom stereocenters. The van der Waals surface area contributed by atoms with Gasteiger partial charge >= 0.3 is 5.69 Å². The van der Waals surface area contributed by atoms with Gasteiger partial charge in [0.25, 0.3) is 0 Å². The fourth-order valence-corrected chi connectivity index (χ4v) is 3.02. The van der Waals surface area contributed by atoms with Gasteiger partial charge in [-0.25, -0.2) is 4.68 Å². The van der Waals surface area contributed by atoms with Crippen LogP contribution < -0.4 is 4.90 Å². The number of carbonyl (C=O) groups excluding carboxylic acids is 1. The summed E-state index contributed by atoms with van der Waals surface area (Å²) in [6.45, 7) is 5.98. The maximum Gasteiger partial charge on any atom is 0.334 e. The van der Waals surface area contributed by atoms with Crippen LogP contribution in [0.1, 0.15) is 51.6 Å². The number of rotatable bonds is 4. The van der Waals surface area contributed by atoms with E-state index in [0.29, 0.717) is 18.1 Å². The standard InChI is InChI=1S/C14H22N4O3/c1-9(2)12-13(18(20)21)14(16(4)15-12)17-8-6-5-7-11(17)10(3)19/h9,11H,5-8H2,1-4H3. The highest BCUT2D eigenvalue weighted by Crippen LogP contribution is 2.38. The summed E-state index contributed by atoms with van der Waals surface area (Å²) < 4.78 is 1.55. The molecule has 2 heterocycles. The molecule has 0 amide bonds. The second-order valence-electron chi connectivity index (χ2n) is 5.91. The van der Waals surface area contributed by atoms with Gasteiger partial charge in [0, 0.05) is 19.5 Å². The van der Waals surface area contributed by atoms with E-state index in [4.69, 9.17) is 0 Å². The highest BCUT2D eigenvalue weighted by molar-refractivity contribution is 5.86. The third kappa shape index (κ3) is 2.77. The van der Waals surface area contributed by atoms with Crippen molar-refractivity contribution in [3.8, 4) is 0 Å². The monoisotopic (exact) mass is 294 g/mol. The van der Waals surface area contributed by atoms with E-state index in [1.807, 2.05) is 18.7 Å². The highest BCUT2D eigenvalue weighted by atomic mass is 16.6. The first-order chi connectivity index (χ1) is 9.84.